The van der Waals surface area contributed by atoms with E-state index in [1.807, 2.05) is 55.6 Å². The molecule has 0 saturated heterocycles. The molecule has 148 valence electrons. The van der Waals surface area contributed by atoms with Crippen LogP contribution in [-0.4, -0.2) is 33.2 Å². The predicted octanol–water partition coefficient (Wildman–Crippen LogP) is 2.91. The number of nitrogens with zero attached hydrogens (tertiary/aromatic N) is 4. The van der Waals surface area contributed by atoms with Crippen molar-refractivity contribution in [3.05, 3.63) is 65.6 Å². The molecule has 0 fully saturated rings. The quantitative estimate of drug-likeness (QED) is 0.464. The van der Waals surface area contributed by atoms with Crippen molar-refractivity contribution in [1.29, 1.82) is 0 Å². The van der Waals surface area contributed by atoms with Crippen molar-refractivity contribution < 1.29 is 4.74 Å². The van der Waals surface area contributed by atoms with Gasteiger partial charge in [-0.3, -0.25) is 4.40 Å². The van der Waals surface area contributed by atoms with Crippen LogP contribution in [0.3, 0.4) is 0 Å². The van der Waals surface area contributed by atoms with Crippen LogP contribution in [-0.2, 0) is 24.4 Å². The van der Waals surface area contributed by atoms with E-state index < -0.39 is 0 Å². The molecule has 2 heterocycles. The van der Waals surface area contributed by atoms with Gasteiger partial charge in [-0.2, -0.15) is 0 Å². The molecule has 7 heteroatoms. The third-order valence-electron chi connectivity index (χ3n) is 4.14. The maximum absolute atomic E-state index is 5.69. The van der Waals surface area contributed by atoms with E-state index in [9.17, 15) is 0 Å². The SMILES string of the molecule is CCNC(=NCc1cccc(COC(C)C)c1)NCc1nnc2ccccn12. The van der Waals surface area contributed by atoms with E-state index >= 15 is 0 Å². The van der Waals surface area contributed by atoms with Gasteiger partial charge in [-0.25, -0.2) is 4.99 Å². The van der Waals surface area contributed by atoms with E-state index in [0.29, 0.717) is 19.7 Å². The highest BCUT2D eigenvalue weighted by molar-refractivity contribution is 5.79. The minimum Gasteiger partial charge on any atom is -0.374 e. The van der Waals surface area contributed by atoms with Gasteiger partial charge in [-0.05, 0) is 44.0 Å². The molecule has 0 atom stereocenters. The second kappa shape index (κ2) is 9.85. The number of rotatable bonds is 8. The zero-order valence-electron chi connectivity index (χ0n) is 16.7. The number of benzene rings is 1. The number of nitrogens with one attached hydrogen (secondary N) is 2. The predicted molar refractivity (Wildman–Crippen MR) is 111 cm³/mol. The molecule has 0 aliphatic carbocycles. The fraction of sp³-hybridized carbons (Fsp3) is 0.381. The summed E-state index contributed by atoms with van der Waals surface area (Å²) in [4.78, 5) is 4.70. The summed E-state index contributed by atoms with van der Waals surface area (Å²) < 4.78 is 7.65. The summed E-state index contributed by atoms with van der Waals surface area (Å²) in [5.41, 5.74) is 3.14. The molecule has 0 bridgehead atoms. The van der Waals surface area contributed by atoms with E-state index in [1.165, 1.54) is 0 Å². The minimum atomic E-state index is 0.222. The molecule has 0 radical (unpaired) electrons. The lowest BCUT2D eigenvalue weighted by Crippen LogP contribution is -2.37. The molecule has 3 aromatic rings. The smallest absolute Gasteiger partial charge is 0.191 e. The molecule has 0 spiro atoms. The number of pyridine rings is 1. The van der Waals surface area contributed by atoms with Gasteiger partial charge in [0.1, 0.15) is 0 Å². The Kier molecular flexibility index (Phi) is 6.97. The highest BCUT2D eigenvalue weighted by Crippen LogP contribution is 2.09. The number of aromatic nitrogens is 3. The Hall–Kier alpha value is -2.93. The zero-order chi connectivity index (χ0) is 19.8. The lowest BCUT2D eigenvalue weighted by Gasteiger charge is -2.11. The summed E-state index contributed by atoms with van der Waals surface area (Å²) in [6.07, 6.45) is 2.18. The van der Waals surface area contributed by atoms with Crippen LogP contribution in [0, 0.1) is 0 Å². The average Bonchev–Trinajstić information content (AvgIpc) is 3.12. The number of fused-ring (bicyclic) bond motifs is 1. The van der Waals surface area contributed by atoms with Crippen molar-refractivity contribution in [2.24, 2.45) is 4.99 Å². The van der Waals surface area contributed by atoms with Crippen molar-refractivity contribution in [3.8, 4) is 0 Å². The van der Waals surface area contributed by atoms with Crippen LogP contribution in [0.1, 0.15) is 37.7 Å². The fourth-order valence-electron chi connectivity index (χ4n) is 2.77. The Morgan fingerprint density at radius 2 is 1.96 bits per heavy atom. The van der Waals surface area contributed by atoms with Gasteiger partial charge in [0, 0.05) is 12.7 Å². The summed E-state index contributed by atoms with van der Waals surface area (Å²) in [5, 5.41) is 15.0. The molecule has 3 rings (SSSR count). The molecule has 1 aromatic carbocycles. The highest BCUT2D eigenvalue weighted by atomic mass is 16.5. The lowest BCUT2D eigenvalue weighted by atomic mass is 10.1. The molecule has 7 nitrogen and oxygen atoms in total. The van der Waals surface area contributed by atoms with Gasteiger partial charge in [0.2, 0.25) is 0 Å². The zero-order valence-corrected chi connectivity index (χ0v) is 16.7. The Labute approximate surface area is 165 Å². The number of hydrogen-bond acceptors (Lipinski definition) is 4. The van der Waals surface area contributed by atoms with Crippen LogP contribution < -0.4 is 10.6 Å². The summed E-state index contributed by atoms with van der Waals surface area (Å²) in [6.45, 7) is 8.67. The minimum absolute atomic E-state index is 0.222. The topological polar surface area (TPSA) is 75.8 Å². The first-order valence-electron chi connectivity index (χ1n) is 9.66. The summed E-state index contributed by atoms with van der Waals surface area (Å²) in [6, 6.07) is 14.2. The Balaban J connectivity index is 1.63. The average molecular weight is 380 g/mol. The van der Waals surface area contributed by atoms with E-state index in [-0.39, 0.29) is 6.10 Å². The van der Waals surface area contributed by atoms with E-state index in [2.05, 4.69) is 39.0 Å². The maximum atomic E-state index is 5.69. The highest BCUT2D eigenvalue weighted by Gasteiger charge is 2.06. The first kappa shape index (κ1) is 19.8. The van der Waals surface area contributed by atoms with Gasteiger partial charge in [0.25, 0.3) is 0 Å². The fourth-order valence-corrected chi connectivity index (χ4v) is 2.77. The number of aliphatic imine (C=N–C) groups is 1. The Morgan fingerprint density at radius 3 is 2.79 bits per heavy atom. The van der Waals surface area contributed by atoms with Gasteiger partial charge in [0.15, 0.2) is 17.4 Å². The standard InChI is InChI=1S/C21H28N6O/c1-4-22-21(24-14-20-26-25-19-10-5-6-11-27(19)20)23-13-17-8-7-9-18(12-17)15-28-16(2)3/h5-12,16H,4,13-15H2,1-3H3,(H2,22,23,24). The van der Waals surface area contributed by atoms with Crippen molar-refractivity contribution in [3.63, 3.8) is 0 Å². The van der Waals surface area contributed by atoms with Crippen LogP contribution >= 0.6 is 0 Å². The lowest BCUT2D eigenvalue weighted by molar-refractivity contribution is 0.0657. The largest absolute Gasteiger partial charge is 0.374 e. The Bertz CT molecular complexity index is 918. The number of guanidine groups is 1. The van der Waals surface area contributed by atoms with Gasteiger partial charge < -0.3 is 15.4 Å². The Morgan fingerprint density at radius 1 is 1.11 bits per heavy atom. The van der Waals surface area contributed by atoms with Gasteiger partial charge in [-0.15, -0.1) is 10.2 Å². The molecule has 0 amide bonds. The maximum Gasteiger partial charge on any atom is 0.191 e. The normalized spacial score (nSPS) is 11.9. The molecular weight excluding hydrogens is 352 g/mol. The van der Waals surface area contributed by atoms with Crippen LogP contribution in [0.25, 0.3) is 5.65 Å². The first-order chi connectivity index (χ1) is 13.7. The van der Waals surface area contributed by atoms with E-state index in [4.69, 9.17) is 9.73 Å². The summed E-state index contributed by atoms with van der Waals surface area (Å²) in [7, 11) is 0. The molecule has 0 aliphatic heterocycles. The van der Waals surface area contributed by atoms with Gasteiger partial charge >= 0.3 is 0 Å². The monoisotopic (exact) mass is 380 g/mol. The van der Waals surface area contributed by atoms with E-state index in [1.54, 1.807) is 0 Å². The van der Waals surface area contributed by atoms with Gasteiger partial charge in [0.05, 0.1) is 25.8 Å². The first-order valence-corrected chi connectivity index (χ1v) is 9.66. The number of ether oxygens (including phenoxy) is 1. The van der Waals surface area contributed by atoms with Gasteiger partial charge in [-0.1, -0.05) is 30.3 Å². The molecule has 0 unspecified atom stereocenters. The summed E-state index contributed by atoms with van der Waals surface area (Å²) >= 11 is 0. The van der Waals surface area contributed by atoms with Crippen molar-refractivity contribution in [2.75, 3.05) is 6.54 Å². The molecule has 0 aliphatic rings. The molecule has 28 heavy (non-hydrogen) atoms. The molecule has 2 N–H and O–H groups in total. The van der Waals surface area contributed by atoms with Crippen LogP contribution in [0.5, 0.6) is 0 Å². The van der Waals surface area contributed by atoms with E-state index in [0.717, 1.165) is 35.1 Å². The van der Waals surface area contributed by atoms with Crippen molar-refractivity contribution >= 4 is 11.6 Å². The molecule has 0 saturated carbocycles. The second-order valence-corrected chi connectivity index (χ2v) is 6.77. The number of hydrogen-bond donors (Lipinski definition) is 2. The summed E-state index contributed by atoms with van der Waals surface area (Å²) in [5.74, 6) is 1.59. The van der Waals surface area contributed by atoms with Crippen LogP contribution in [0.2, 0.25) is 0 Å². The second-order valence-electron chi connectivity index (χ2n) is 6.77. The van der Waals surface area contributed by atoms with Crippen LogP contribution in [0.4, 0.5) is 0 Å². The van der Waals surface area contributed by atoms with Crippen molar-refractivity contribution in [1.82, 2.24) is 25.2 Å². The van der Waals surface area contributed by atoms with Crippen LogP contribution in [0.15, 0.2) is 53.7 Å². The molecule has 2 aromatic heterocycles. The van der Waals surface area contributed by atoms with Crippen molar-refractivity contribution in [2.45, 2.75) is 46.6 Å². The third-order valence-corrected chi connectivity index (χ3v) is 4.14. The third kappa shape index (κ3) is 5.53. The molecular formula is C21H28N6O.